The van der Waals surface area contributed by atoms with Crippen LogP contribution in [0.3, 0.4) is 0 Å². The zero-order chi connectivity index (χ0) is 11.9. The number of aliphatic hydroxyl groups excluding tert-OH is 1. The SMILES string of the molecule is CCCCCC(CC)(CO)c1ccccc1. The monoisotopic (exact) mass is 220 g/mol. The van der Waals surface area contributed by atoms with E-state index in [1.165, 1.54) is 24.8 Å². The van der Waals surface area contributed by atoms with Gasteiger partial charge in [-0.3, -0.25) is 0 Å². The lowest BCUT2D eigenvalue weighted by atomic mass is 9.75. The molecule has 0 bridgehead atoms. The lowest BCUT2D eigenvalue weighted by Gasteiger charge is -2.31. The first-order chi connectivity index (χ1) is 7.79. The second kappa shape index (κ2) is 6.70. The van der Waals surface area contributed by atoms with E-state index in [1.54, 1.807) is 0 Å². The Kier molecular flexibility index (Phi) is 5.54. The Balaban J connectivity index is 2.79. The lowest BCUT2D eigenvalue weighted by molar-refractivity contribution is 0.175. The first kappa shape index (κ1) is 13.2. The van der Waals surface area contributed by atoms with Gasteiger partial charge in [-0.2, -0.15) is 0 Å². The summed E-state index contributed by atoms with van der Waals surface area (Å²) in [4.78, 5) is 0. The maximum Gasteiger partial charge on any atom is 0.0527 e. The highest BCUT2D eigenvalue weighted by Gasteiger charge is 2.28. The maximum absolute atomic E-state index is 9.73. The molecule has 0 amide bonds. The molecule has 0 aliphatic rings. The van der Waals surface area contributed by atoms with Gasteiger partial charge in [0.2, 0.25) is 0 Å². The highest BCUT2D eigenvalue weighted by Crippen LogP contribution is 2.33. The largest absolute Gasteiger partial charge is 0.395 e. The molecule has 0 heterocycles. The predicted molar refractivity (Wildman–Crippen MR) is 69.6 cm³/mol. The fraction of sp³-hybridized carbons (Fsp3) is 0.600. The van der Waals surface area contributed by atoms with Gasteiger partial charge < -0.3 is 5.11 Å². The zero-order valence-electron chi connectivity index (χ0n) is 10.6. The summed E-state index contributed by atoms with van der Waals surface area (Å²) in [6.07, 6.45) is 5.81. The third-order valence-corrected chi connectivity index (χ3v) is 3.62. The van der Waals surface area contributed by atoms with E-state index < -0.39 is 0 Å². The molecule has 1 N–H and O–H groups in total. The molecule has 0 radical (unpaired) electrons. The molecule has 0 saturated carbocycles. The van der Waals surface area contributed by atoms with Crippen molar-refractivity contribution in [3.8, 4) is 0 Å². The van der Waals surface area contributed by atoms with Crippen molar-refractivity contribution in [2.75, 3.05) is 6.61 Å². The van der Waals surface area contributed by atoms with Crippen LogP contribution in [0.15, 0.2) is 30.3 Å². The fourth-order valence-corrected chi connectivity index (χ4v) is 2.31. The number of benzene rings is 1. The molecule has 90 valence electrons. The smallest absolute Gasteiger partial charge is 0.0527 e. The molecule has 1 nitrogen and oxygen atoms in total. The van der Waals surface area contributed by atoms with E-state index in [9.17, 15) is 5.11 Å². The van der Waals surface area contributed by atoms with E-state index in [0.717, 1.165) is 12.8 Å². The summed E-state index contributed by atoms with van der Waals surface area (Å²) in [5, 5.41) is 9.73. The van der Waals surface area contributed by atoms with Crippen LogP contribution in [-0.4, -0.2) is 11.7 Å². The van der Waals surface area contributed by atoms with Crippen molar-refractivity contribution < 1.29 is 5.11 Å². The summed E-state index contributed by atoms with van der Waals surface area (Å²) >= 11 is 0. The summed E-state index contributed by atoms with van der Waals surface area (Å²) in [6, 6.07) is 10.5. The third kappa shape index (κ3) is 3.08. The second-order valence-electron chi connectivity index (χ2n) is 4.62. The summed E-state index contributed by atoms with van der Waals surface area (Å²) in [6.45, 7) is 4.65. The van der Waals surface area contributed by atoms with Crippen molar-refractivity contribution >= 4 is 0 Å². The van der Waals surface area contributed by atoms with E-state index in [4.69, 9.17) is 0 Å². The van der Waals surface area contributed by atoms with Crippen LogP contribution in [0.25, 0.3) is 0 Å². The molecule has 1 rings (SSSR count). The van der Waals surface area contributed by atoms with Crippen LogP contribution in [0.2, 0.25) is 0 Å². The van der Waals surface area contributed by atoms with Crippen LogP contribution >= 0.6 is 0 Å². The minimum Gasteiger partial charge on any atom is -0.395 e. The van der Waals surface area contributed by atoms with E-state index in [-0.39, 0.29) is 12.0 Å². The van der Waals surface area contributed by atoms with E-state index in [1.807, 2.05) is 6.07 Å². The van der Waals surface area contributed by atoms with Gasteiger partial charge in [0.15, 0.2) is 0 Å². The number of hydrogen-bond acceptors (Lipinski definition) is 1. The van der Waals surface area contributed by atoms with Gasteiger partial charge in [0.25, 0.3) is 0 Å². The van der Waals surface area contributed by atoms with Gasteiger partial charge in [0, 0.05) is 5.41 Å². The molecule has 1 unspecified atom stereocenters. The van der Waals surface area contributed by atoms with Crippen molar-refractivity contribution in [1.29, 1.82) is 0 Å². The molecule has 1 atom stereocenters. The molecule has 16 heavy (non-hydrogen) atoms. The van der Waals surface area contributed by atoms with Gasteiger partial charge >= 0.3 is 0 Å². The van der Waals surface area contributed by atoms with Gasteiger partial charge in [-0.25, -0.2) is 0 Å². The molecular weight excluding hydrogens is 196 g/mol. The van der Waals surface area contributed by atoms with Gasteiger partial charge in [-0.05, 0) is 18.4 Å². The maximum atomic E-state index is 9.73. The lowest BCUT2D eigenvalue weighted by Crippen LogP contribution is -2.29. The van der Waals surface area contributed by atoms with Crippen molar-refractivity contribution in [3.05, 3.63) is 35.9 Å². The van der Waals surface area contributed by atoms with Crippen molar-refractivity contribution in [2.24, 2.45) is 0 Å². The predicted octanol–water partition coefficient (Wildman–Crippen LogP) is 3.91. The van der Waals surface area contributed by atoms with Gasteiger partial charge in [-0.15, -0.1) is 0 Å². The first-order valence-corrected chi connectivity index (χ1v) is 6.45. The number of aliphatic hydroxyl groups is 1. The first-order valence-electron chi connectivity index (χ1n) is 6.45. The Hall–Kier alpha value is -0.820. The standard InChI is InChI=1S/C15H24O/c1-3-5-9-12-15(4-2,13-16)14-10-7-6-8-11-14/h6-8,10-11,16H,3-5,9,12-13H2,1-2H3. The molecule has 0 saturated heterocycles. The molecule has 0 aliphatic heterocycles. The third-order valence-electron chi connectivity index (χ3n) is 3.62. The molecular formula is C15H24O. The molecule has 1 aromatic rings. The van der Waals surface area contributed by atoms with Gasteiger partial charge in [-0.1, -0.05) is 63.4 Å². The number of hydrogen-bond donors (Lipinski definition) is 1. The van der Waals surface area contributed by atoms with Crippen LogP contribution in [0, 0.1) is 0 Å². The summed E-state index contributed by atoms with van der Waals surface area (Å²) in [5.74, 6) is 0. The molecule has 1 heteroatoms. The molecule has 0 spiro atoms. The Labute approximate surface area is 99.5 Å². The van der Waals surface area contributed by atoms with Crippen molar-refractivity contribution in [1.82, 2.24) is 0 Å². The topological polar surface area (TPSA) is 20.2 Å². The summed E-state index contributed by atoms with van der Waals surface area (Å²) in [7, 11) is 0. The van der Waals surface area contributed by atoms with Crippen LogP contribution in [0.1, 0.15) is 51.5 Å². The van der Waals surface area contributed by atoms with Crippen LogP contribution in [0.5, 0.6) is 0 Å². The molecule has 0 aromatic heterocycles. The number of rotatable bonds is 7. The van der Waals surface area contributed by atoms with Crippen molar-refractivity contribution in [2.45, 2.75) is 51.4 Å². The van der Waals surface area contributed by atoms with E-state index in [2.05, 4.69) is 38.1 Å². The Morgan fingerprint density at radius 1 is 1.06 bits per heavy atom. The van der Waals surface area contributed by atoms with Crippen molar-refractivity contribution in [3.63, 3.8) is 0 Å². The Morgan fingerprint density at radius 2 is 1.75 bits per heavy atom. The Bertz CT molecular complexity index is 275. The minimum absolute atomic E-state index is 0.0174. The minimum atomic E-state index is -0.0174. The summed E-state index contributed by atoms with van der Waals surface area (Å²) < 4.78 is 0. The highest BCUT2D eigenvalue weighted by atomic mass is 16.3. The van der Waals surface area contributed by atoms with E-state index >= 15 is 0 Å². The Morgan fingerprint density at radius 3 is 2.25 bits per heavy atom. The van der Waals surface area contributed by atoms with Crippen LogP contribution in [0.4, 0.5) is 0 Å². The summed E-state index contributed by atoms with van der Waals surface area (Å²) in [5.41, 5.74) is 1.27. The zero-order valence-corrected chi connectivity index (χ0v) is 10.6. The average Bonchev–Trinajstić information content (AvgIpc) is 2.36. The number of unbranched alkanes of at least 4 members (excludes halogenated alkanes) is 2. The van der Waals surface area contributed by atoms with Crippen LogP contribution < -0.4 is 0 Å². The van der Waals surface area contributed by atoms with Crippen LogP contribution in [-0.2, 0) is 5.41 Å². The molecule has 0 fully saturated rings. The normalized spacial score (nSPS) is 14.7. The average molecular weight is 220 g/mol. The van der Waals surface area contributed by atoms with Gasteiger partial charge in [0.05, 0.1) is 6.61 Å². The van der Waals surface area contributed by atoms with E-state index in [0.29, 0.717) is 0 Å². The quantitative estimate of drug-likeness (QED) is 0.691. The molecule has 0 aliphatic carbocycles. The molecule has 1 aromatic carbocycles. The fourth-order valence-electron chi connectivity index (χ4n) is 2.31. The van der Waals surface area contributed by atoms with Gasteiger partial charge in [0.1, 0.15) is 0 Å². The second-order valence-corrected chi connectivity index (χ2v) is 4.62. The highest BCUT2D eigenvalue weighted by molar-refractivity contribution is 5.25.